The zero-order valence-corrected chi connectivity index (χ0v) is 13.6. The maximum Gasteiger partial charge on any atom is 0.136 e. The van der Waals surface area contributed by atoms with Crippen molar-refractivity contribution in [3.63, 3.8) is 0 Å². The Labute approximate surface area is 128 Å². The van der Waals surface area contributed by atoms with Crippen LogP contribution >= 0.6 is 15.9 Å². The summed E-state index contributed by atoms with van der Waals surface area (Å²) in [5, 5.41) is 3.11. The molecule has 106 valence electrons. The van der Waals surface area contributed by atoms with Gasteiger partial charge in [0.2, 0.25) is 0 Å². The first kappa shape index (κ1) is 14.9. The normalized spacial score (nSPS) is 10.6. The molecule has 4 nitrogen and oxygen atoms in total. The van der Waals surface area contributed by atoms with E-state index in [0.29, 0.717) is 0 Å². The third-order valence-electron chi connectivity index (χ3n) is 3.17. The van der Waals surface area contributed by atoms with Gasteiger partial charge in [0.15, 0.2) is 0 Å². The van der Waals surface area contributed by atoms with Crippen LogP contribution in [0.3, 0.4) is 0 Å². The van der Waals surface area contributed by atoms with E-state index in [-0.39, 0.29) is 0 Å². The van der Waals surface area contributed by atoms with Gasteiger partial charge in [0.05, 0.1) is 0 Å². The quantitative estimate of drug-likeness (QED) is 0.912. The number of likely N-dealkylation sites (N-methyl/N-ethyl adjacent to an activating group) is 1. The number of nitrogens with one attached hydrogen (secondary N) is 1. The van der Waals surface area contributed by atoms with Crippen molar-refractivity contribution in [1.29, 1.82) is 0 Å². The molecule has 1 aromatic heterocycles. The summed E-state index contributed by atoms with van der Waals surface area (Å²) in [6.07, 6.45) is 2.65. The summed E-state index contributed by atoms with van der Waals surface area (Å²) in [6.45, 7) is 2.98. The molecule has 5 heteroatoms. The summed E-state index contributed by atoms with van der Waals surface area (Å²) in [5.41, 5.74) is 2.35. The Balaban J connectivity index is 2.28. The van der Waals surface area contributed by atoms with Gasteiger partial charge in [-0.1, -0.05) is 22.0 Å². The maximum atomic E-state index is 4.62. The van der Waals surface area contributed by atoms with Gasteiger partial charge in [0.1, 0.15) is 11.6 Å². The lowest BCUT2D eigenvalue weighted by molar-refractivity contribution is 0.754. The number of anilines is 2. The third kappa shape index (κ3) is 3.55. The summed E-state index contributed by atoms with van der Waals surface area (Å²) in [7, 11) is 3.96. The van der Waals surface area contributed by atoms with E-state index >= 15 is 0 Å². The first-order chi connectivity index (χ1) is 9.61. The van der Waals surface area contributed by atoms with Gasteiger partial charge < -0.3 is 10.2 Å². The molecule has 1 aromatic carbocycles. The number of aromatic nitrogens is 2. The smallest absolute Gasteiger partial charge is 0.136 e. The van der Waals surface area contributed by atoms with Crippen molar-refractivity contribution >= 4 is 27.4 Å². The van der Waals surface area contributed by atoms with Crippen LogP contribution in [0.4, 0.5) is 11.5 Å². The number of halogens is 1. The summed E-state index contributed by atoms with van der Waals surface area (Å²) in [4.78, 5) is 11.0. The predicted molar refractivity (Wildman–Crippen MR) is 86.6 cm³/mol. The van der Waals surface area contributed by atoms with Crippen molar-refractivity contribution in [3.8, 4) is 0 Å². The van der Waals surface area contributed by atoms with Crippen LogP contribution in [0, 0.1) is 6.92 Å². The number of aryl methyl sites for hydroxylation is 1. The van der Waals surface area contributed by atoms with Gasteiger partial charge in [-0.25, -0.2) is 9.97 Å². The van der Waals surface area contributed by atoms with Crippen LogP contribution in [0.1, 0.15) is 11.4 Å². The van der Waals surface area contributed by atoms with Crippen LogP contribution in [0.5, 0.6) is 0 Å². The molecule has 2 aromatic rings. The number of rotatable bonds is 5. The first-order valence-electron chi connectivity index (χ1n) is 6.58. The zero-order chi connectivity index (χ0) is 14.5. The second-order valence-electron chi connectivity index (χ2n) is 4.67. The van der Waals surface area contributed by atoms with Crippen molar-refractivity contribution in [2.24, 2.45) is 0 Å². The van der Waals surface area contributed by atoms with Crippen molar-refractivity contribution in [3.05, 3.63) is 46.3 Å². The summed E-state index contributed by atoms with van der Waals surface area (Å²) >= 11 is 3.52. The highest BCUT2D eigenvalue weighted by Gasteiger charge is 2.09. The first-order valence-corrected chi connectivity index (χ1v) is 7.37. The van der Waals surface area contributed by atoms with Crippen LogP contribution in [0.15, 0.2) is 34.9 Å². The van der Waals surface area contributed by atoms with Crippen molar-refractivity contribution < 1.29 is 0 Å². The molecule has 0 bridgehead atoms. The summed E-state index contributed by atoms with van der Waals surface area (Å²) in [6, 6.07) is 8.18. The highest BCUT2D eigenvalue weighted by molar-refractivity contribution is 9.10. The Morgan fingerprint density at radius 3 is 2.85 bits per heavy atom. The molecule has 0 fully saturated rings. The predicted octanol–water partition coefficient (Wildman–Crippen LogP) is 3.08. The van der Waals surface area contributed by atoms with Gasteiger partial charge in [0, 0.05) is 36.4 Å². The molecule has 0 unspecified atom stereocenters. The third-order valence-corrected chi connectivity index (χ3v) is 3.66. The Bertz CT molecular complexity index is 586. The van der Waals surface area contributed by atoms with Gasteiger partial charge in [0.25, 0.3) is 0 Å². The van der Waals surface area contributed by atoms with E-state index in [4.69, 9.17) is 0 Å². The minimum atomic E-state index is 0.829. The average molecular weight is 335 g/mol. The monoisotopic (exact) mass is 334 g/mol. The van der Waals surface area contributed by atoms with Crippen molar-refractivity contribution in [2.45, 2.75) is 13.3 Å². The maximum absolute atomic E-state index is 4.62. The Morgan fingerprint density at radius 1 is 1.30 bits per heavy atom. The molecule has 1 N–H and O–H groups in total. The van der Waals surface area contributed by atoms with E-state index in [0.717, 1.165) is 34.8 Å². The topological polar surface area (TPSA) is 41.1 Å². The Morgan fingerprint density at radius 2 is 2.10 bits per heavy atom. The lowest BCUT2D eigenvalue weighted by Crippen LogP contribution is -2.16. The van der Waals surface area contributed by atoms with E-state index in [1.807, 2.05) is 32.4 Å². The Kier molecular flexibility index (Phi) is 5.09. The van der Waals surface area contributed by atoms with Gasteiger partial charge in [-0.05, 0) is 37.7 Å². The largest absolute Gasteiger partial charge is 0.329 e. The van der Waals surface area contributed by atoms with Gasteiger partial charge in [-0.3, -0.25) is 0 Å². The van der Waals surface area contributed by atoms with E-state index in [2.05, 4.69) is 55.2 Å². The van der Waals surface area contributed by atoms with Crippen LogP contribution < -0.4 is 10.2 Å². The lowest BCUT2D eigenvalue weighted by Gasteiger charge is -2.21. The van der Waals surface area contributed by atoms with Crippen molar-refractivity contribution in [1.82, 2.24) is 15.3 Å². The molecule has 0 aliphatic heterocycles. The molecule has 2 rings (SSSR count). The zero-order valence-electron chi connectivity index (χ0n) is 12.0. The number of benzene rings is 1. The summed E-state index contributed by atoms with van der Waals surface area (Å²) < 4.78 is 1.06. The van der Waals surface area contributed by atoms with E-state index in [1.54, 1.807) is 0 Å². The van der Waals surface area contributed by atoms with Crippen LogP contribution in [0.25, 0.3) is 0 Å². The number of nitrogens with zero attached hydrogens (tertiary/aromatic N) is 3. The number of hydrogen-bond acceptors (Lipinski definition) is 4. The average Bonchev–Trinajstić information content (AvgIpc) is 2.47. The molecular formula is C15H19BrN4. The van der Waals surface area contributed by atoms with E-state index < -0.39 is 0 Å². The Hall–Kier alpha value is -1.46. The fraction of sp³-hybridized carbons (Fsp3) is 0.333. The molecule has 20 heavy (non-hydrogen) atoms. The second kappa shape index (κ2) is 6.81. The van der Waals surface area contributed by atoms with Crippen LogP contribution in [-0.4, -0.2) is 30.6 Å². The molecule has 1 heterocycles. The molecular weight excluding hydrogens is 316 g/mol. The lowest BCUT2D eigenvalue weighted by atomic mass is 10.2. The van der Waals surface area contributed by atoms with E-state index in [1.165, 1.54) is 5.56 Å². The molecule has 0 spiro atoms. The van der Waals surface area contributed by atoms with Crippen LogP contribution in [-0.2, 0) is 6.42 Å². The minimum Gasteiger partial charge on any atom is -0.329 e. The number of hydrogen-bond donors (Lipinski definition) is 1. The molecule has 0 radical (unpaired) electrons. The minimum absolute atomic E-state index is 0.829. The molecule has 0 aliphatic rings. The standard InChI is InChI=1S/C15H19BrN4/c1-11-4-5-12(16)10-13(11)20(3)15-7-9-18-14(19-15)6-8-17-2/h4-5,7,9-10,17H,6,8H2,1-3H3. The molecule has 0 saturated carbocycles. The van der Waals surface area contributed by atoms with Gasteiger partial charge in [-0.15, -0.1) is 0 Å². The fourth-order valence-corrected chi connectivity index (χ4v) is 2.35. The fourth-order valence-electron chi connectivity index (χ4n) is 2.00. The molecule has 0 aliphatic carbocycles. The van der Waals surface area contributed by atoms with Gasteiger partial charge >= 0.3 is 0 Å². The van der Waals surface area contributed by atoms with Crippen molar-refractivity contribution in [2.75, 3.05) is 25.5 Å². The summed E-state index contributed by atoms with van der Waals surface area (Å²) in [5.74, 6) is 1.77. The highest BCUT2D eigenvalue weighted by atomic mass is 79.9. The highest BCUT2D eigenvalue weighted by Crippen LogP contribution is 2.28. The van der Waals surface area contributed by atoms with E-state index in [9.17, 15) is 0 Å². The SMILES string of the molecule is CNCCc1nccc(N(C)c2cc(Br)ccc2C)n1. The molecule has 0 amide bonds. The molecule has 0 atom stereocenters. The van der Waals surface area contributed by atoms with Crippen LogP contribution in [0.2, 0.25) is 0 Å². The molecule has 0 saturated heterocycles. The van der Waals surface area contributed by atoms with Gasteiger partial charge in [-0.2, -0.15) is 0 Å². The second-order valence-corrected chi connectivity index (χ2v) is 5.59.